The molecule has 1 amide bonds. The van der Waals surface area contributed by atoms with Gasteiger partial charge in [-0.25, -0.2) is 13.1 Å². The van der Waals surface area contributed by atoms with E-state index in [-0.39, 0.29) is 23.8 Å². The number of rotatable bonds is 5. The molecule has 0 unspecified atom stereocenters. The zero-order valence-corrected chi connectivity index (χ0v) is 15.6. The van der Waals surface area contributed by atoms with E-state index in [1.807, 2.05) is 11.9 Å². The molecule has 1 fully saturated rings. The lowest BCUT2D eigenvalue weighted by atomic mass is 10.3. The molecule has 0 radical (unpaired) electrons. The third-order valence-corrected chi connectivity index (χ3v) is 5.76. The summed E-state index contributed by atoms with van der Waals surface area (Å²) in [4.78, 5) is 16.4. The van der Waals surface area contributed by atoms with Gasteiger partial charge in [0.15, 0.2) is 0 Å². The number of amides is 1. The number of hydrogen-bond donors (Lipinski definition) is 1. The Hall–Kier alpha value is -0.960. The number of nitrogens with zero attached hydrogens (tertiary/aromatic N) is 2. The van der Waals surface area contributed by atoms with Crippen LogP contribution < -0.4 is 4.72 Å². The van der Waals surface area contributed by atoms with E-state index in [1.165, 1.54) is 12.1 Å². The van der Waals surface area contributed by atoms with Crippen LogP contribution in [0.5, 0.6) is 0 Å². The largest absolute Gasteiger partial charge is 0.341 e. The SMILES string of the molecule is CN1CCCN(C(=O)CCNS(=O)(=O)c2cccc(Br)c2)CC1. The topological polar surface area (TPSA) is 69.7 Å². The number of nitrogens with one attached hydrogen (secondary N) is 1. The summed E-state index contributed by atoms with van der Waals surface area (Å²) in [6.07, 6.45) is 1.13. The van der Waals surface area contributed by atoms with Gasteiger partial charge in [-0.2, -0.15) is 0 Å². The van der Waals surface area contributed by atoms with Crippen LogP contribution >= 0.6 is 15.9 Å². The lowest BCUT2D eigenvalue weighted by molar-refractivity contribution is -0.130. The van der Waals surface area contributed by atoms with Crippen molar-refractivity contribution >= 4 is 31.9 Å². The maximum absolute atomic E-state index is 12.2. The summed E-state index contributed by atoms with van der Waals surface area (Å²) < 4.78 is 27.5. The van der Waals surface area contributed by atoms with Gasteiger partial charge in [0, 0.05) is 37.1 Å². The number of carbonyl (C=O) groups is 1. The van der Waals surface area contributed by atoms with Gasteiger partial charge in [0.1, 0.15) is 0 Å². The Labute approximate surface area is 146 Å². The Balaban J connectivity index is 1.85. The lowest BCUT2D eigenvalue weighted by Crippen LogP contribution is -2.36. The smallest absolute Gasteiger partial charge is 0.240 e. The molecule has 23 heavy (non-hydrogen) atoms. The molecule has 0 atom stereocenters. The minimum absolute atomic E-state index is 0.00255. The van der Waals surface area contributed by atoms with E-state index in [4.69, 9.17) is 0 Å². The molecule has 1 saturated heterocycles. The van der Waals surface area contributed by atoms with Gasteiger partial charge >= 0.3 is 0 Å². The van der Waals surface area contributed by atoms with E-state index in [0.717, 1.165) is 26.1 Å². The first-order valence-corrected chi connectivity index (χ1v) is 9.88. The van der Waals surface area contributed by atoms with Gasteiger partial charge < -0.3 is 9.80 Å². The standard InChI is InChI=1S/C15H22BrN3O3S/c1-18-8-3-9-19(11-10-18)15(20)6-7-17-23(21,22)14-5-2-4-13(16)12-14/h2,4-5,12,17H,3,6-11H2,1H3. The molecule has 1 aliphatic rings. The number of benzene rings is 1. The molecule has 128 valence electrons. The third kappa shape index (κ3) is 5.56. The van der Waals surface area contributed by atoms with Crippen molar-refractivity contribution in [1.82, 2.24) is 14.5 Å². The van der Waals surface area contributed by atoms with Crippen molar-refractivity contribution in [3.8, 4) is 0 Å². The fourth-order valence-corrected chi connectivity index (χ4v) is 4.09. The number of likely N-dealkylation sites (N-methyl/N-ethyl adjacent to an activating group) is 1. The zero-order chi connectivity index (χ0) is 16.9. The molecule has 1 N–H and O–H groups in total. The molecule has 6 nitrogen and oxygen atoms in total. The Morgan fingerprint density at radius 1 is 1.26 bits per heavy atom. The maximum atomic E-state index is 12.2. The van der Waals surface area contributed by atoms with Crippen molar-refractivity contribution in [3.05, 3.63) is 28.7 Å². The highest BCUT2D eigenvalue weighted by atomic mass is 79.9. The first-order valence-electron chi connectivity index (χ1n) is 7.60. The molecular weight excluding hydrogens is 382 g/mol. The van der Waals surface area contributed by atoms with Gasteiger partial charge in [0.05, 0.1) is 4.90 Å². The van der Waals surface area contributed by atoms with E-state index in [2.05, 4.69) is 25.6 Å². The summed E-state index contributed by atoms with van der Waals surface area (Å²) in [6.45, 7) is 3.39. The Bertz CT molecular complexity index is 651. The van der Waals surface area contributed by atoms with Crippen LogP contribution in [0, 0.1) is 0 Å². The van der Waals surface area contributed by atoms with Crippen molar-refractivity contribution in [2.45, 2.75) is 17.7 Å². The molecule has 0 aliphatic carbocycles. The van der Waals surface area contributed by atoms with Crippen molar-refractivity contribution in [2.75, 3.05) is 39.8 Å². The summed E-state index contributed by atoms with van der Waals surface area (Å²) in [5, 5.41) is 0. The first-order chi connectivity index (χ1) is 10.9. The number of halogens is 1. The van der Waals surface area contributed by atoms with Gasteiger partial charge in [-0.1, -0.05) is 22.0 Å². The van der Waals surface area contributed by atoms with Crippen LogP contribution in [0.25, 0.3) is 0 Å². The van der Waals surface area contributed by atoms with Gasteiger partial charge in [-0.15, -0.1) is 0 Å². The van der Waals surface area contributed by atoms with Crippen LogP contribution in [0.4, 0.5) is 0 Å². The van der Waals surface area contributed by atoms with Crippen LogP contribution in [0.2, 0.25) is 0 Å². The molecule has 2 rings (SSSR count). The molecule has 1 heterocycles. The second-order valence-electron chi connectivity index (χ2n) is 5.64. The van der Waals surface area contributed by atoms with Crippen molar-refractivity contribution in [2.24, 2.45) is 0 Å². The average Bonchev–Trinajstić information content (AvgIpc) is 2.72. The summed E-state index contributed by atoms with van der Waals surface area (Å²) in [7, 11) is -1.54. The fraction of sp³-hybridized carbons (Fsp3) is 0.533. The van der Waals surface area contributed by atoms with E-state index < -0.39 is 10.0 Å². The van der Waals surface area contributed by atoms with E-state index in [0.29, 0.717) is 11.0 Å². The molecule has 0 aromatic heterocycles. The maximum Gasteiger partial charge on any atom is 0.240 e. The predicted molar refractivity (Wildman–Crippen MR) is 92.6 cm³/mol. The zero-order valence-electron chi connectivity index (χ0n) is 13.2. The van der Waals surface area contributed by atoms with E-state index in [9.17, 15) is 13.2 Å². The third-order valence-electron chi connectivity index (χ3n) is 3.81. The fourth-order valence-electron chi connectivity index (χ4n) is 2.46. The number of hydrogen-bond acceptors (Lipinski definition) is 4. The van der Waals surface area contributed by atoms with Gasteiger partial charge in [-0.3, -0.25) is 4.79 Å². The minimum Gasteiger partial charge on any atom is -0.341 e. The number of sulfonamides is 1. The van der Waals surface area contributed by atoms with Gasteiger partial charge in [-0.05, 0) is 38.2 Å². The van der Waals surface area contributed by atoms with Crippen molar-refractivity contribution < 1.29 is 13.2 Å². The molecule has 1 aromatic rings. The molecule has 1 aromatic carbocycles. The summed E-state index contributed by atoms with van der Waals surface area (Å²) >= 11 is 3.25. The molecular formula is C15H22BrN3O3S. The van der Waals surface area contributed by atoms with Crippen LogP contribution in [0.15, 0.2) is 33.6 Å². The van der Waals surface area contributed by atoms with Crippen LogP contribution in [-0.4, -0.2) is 63.9 Å². The molecule has 0 spiro atoms. The molecule has 0 saturated carbocycles. The highest BCUT2D eigenvalue weighted by molar-refractivity contribution is 9.10. The van der Waals surface area contributed by atoms with E-state index in [1.54, 1.807) is 12.1 Å². The minimum atomic E-state index is -3.58. The Kier molecular flexibility index (Phi) is 6.58. The van der Waals surface area contributed by atoms with Crippen LogP contribution in [0.1, 0.15) is 12.8 Å². The first kappa shape index (κ1) is 18.4. The Morgan fingerprint density at radius 2 is 2.04 bits per heavy atom. The quantitative estimate of drug-likeness (QED) is 0.803. The normalized spacial score (nSPS) is 17.0. The van der Waals surface area contributed by atoms with Gasteiger partial charge in [0.2, 0.25) is 15.9 Å². The van der Waals surface area contributed by atoms with Gasteiger partial charge in [0.25, 0.3) is 0 Å². The van der Waals surface area contributed by atoms with Crippen LogP contribution in [0.3, 0.4) is 0 Å². The highest BCUT2D eigenvalue weighted by Crippen LogP contribution is 2.15. The summed E-state index contributed by atoms with van der Waals surface area (Å²) in [5.41, 5.74) is 0. The second-order valence-corrected chi connectivity index (χ2v) is 8.33. The lowest BCUT2D eigenvalue weighted by Gasteiger charge is -2.20. The number of carbonyl (C=O) groups excluding carboxylic acids is 1. The summed E-state index contributed by atoms with van der Waals surface area (Å²) in [6, 6.07) is 6.49. The molecule has 0 bridgehead atoms. The Morgan fingerprint density at radius 3 is 2.78 bits per heavy atom. The average molecular weight is 404 g/mol. The van der Waals surface area contributed by atoms with Crippen LogP contribution in [-0.2, 0) is 14.8 Å². The molecule has 8 heteroatoms. The second kappa shape index (κ2) is 8.23. The van der Waals surface area contributed by atoms with E-state index >= 15 is 0 Å². The predicted octanol–water partition coefficient (Wildman–Crippen LogP) is 1.28. The van der Waals surface area contributed by atoms with Crippen molar-refractivity contribution in [3.63, 3.8) is 0 Å². The van der Waals surface area contributed by atoms with Crippen molar-refractivity contribution in [1.29, 1.82) is 0 Å². The summed E-state index contributed by atoms with van der Waals surface area (Å²) in [5.74, 6) is -0.00255. The highest BCUT2D eigenvalue weighted by Gasteiger charge is 2.19. The monoisotopic (exact) mass is 403 g/mol. The molecule has 1 aliphatic heterocycles.